The first-order valence-corrected chi connectivity index (χ1v) is 5.51. The van der Waals surface area contributed by atoms with Crippen molar-refractivity contribution in [2.75, 3.05) is 13.2 Å². The molecule has 0 fully saturated rings. The second-order valence-corrected chi connectivity index (χ2v) is 5.01. The summed E-state index contributed by atoms with van der Waals surface area (Å²) >= 11 is 0. The smallest absolute Gasteiger partial charge is 0.126 e. The first-order chi connectivity index (χ1) is 7.44. The lowest BCUT2D eigenvalue weighted by Gasteiger charge is -2.21. The molecule has 0 aliphatic rings. The van der Waals surface area contributed by atoms with Gasteiger partial charge in [-0.25, -0.2) is 4.39 Å². The Morgan fingerprint density at radius 1 is 1.38 bits per heavy atom. The predicted octanol–water partition coefficient (Wildman–Crippen LogP) is 2.24. The third-order valence-electron chi connectivity index (χ3n) is 2.60. The fourth-order valence-electron chi connectivity index (χ4n) is 1.35. The van der Waals surface area contributed by atoms with Gasteiger partial charge in [0.15, 0.2) is 0 Å². The molecule has 90 valence electrons. The van der Waals surface area contributed by atoms with E-state index >= 15 is 0 Å². The molecule has 0 heterocycles. The van der Waals surface area contributed by atoms with Crippen LogP contribution in [0, 0.1) is 18.2 Å². The number of hydrogen-bond donors (Lipinski definition) is 2. The van der Waals surface area contributed by atoms with E-state index in [4.69, 9.17) is 5.11 Å². The first kappa shape index (κ1) is 13.1. The average Bonchev–Trinajstić information content (AvgIpc) is 2.23. The van der Waals surface area contributed by atoms with Gasteiger partial charge in [-0.1, -0.05) is 26.0 Å². The number of halogens is 1. The summed E-state index contributed by atoms with van der Waals surface area (Å²) in [6.45, 7) is 7.19. The molecule has 1 rings (SSSR count). The van der Waals surface area contributed by atoms with Crippen molar-refractivity contribution in [1.29, 1.82) is 0 Å². The number of rotatable bonds is 5. The maximum atomic E-state index is 13.2. The van der Waals surface area contributed by atoms with E-state index in [0.717, 1.165) is 5.56 Å². The molecule has 0 spiro atoms. The molecule has 2 nitrogen and oxygen atoms in total. The summed E-state index contributed by atoms with van der Waals surface area (Å²) in [4.78, 5) is 0. The van der Waals surface area contributed by atoms with Crippen LogP contribution in [0.4, 0.5) is 4.39 Å². The monoisotopic (exact) mass is 225 g/mol. The molecule has 0 saturated heterocycles. The molecule has 1 aromatic carbocycles. The van der Waals surface area contributed by atoms with Crippen LogP contribution in [-0.2, 0) is 6.54 Å². The topological polar surface area (TPSA) is 32.3 Å². The van der Waals surface area contributed by atoms with Crippen molar-refractivity contribution in [2.45, 2.75) is 27.3 Å². The van der Waals surface area contributed by atoms with Crippen molar-refractivity contribution in [3.05, 3.63) is 35.1 Å². The van der Waals surface area contributed by atoms with Crippen LogP contribution in [0.3, 0.4) is 0 Å². The Morgan fingerprint density at radius 3 is 2.62 bits per heavy atom. The highest BCUT2D eigenvalue weighted by molar-refractivity contribution is 5.23. The Balaban J connectivity index is 2.46. The maximum absolute atomic E-state index is 13.2. The molecular formula is C13H20FNO. The second kappa shape index (κ2) is 5.41. The molecule has 2 N–H and O–H groups in total. The van der Waals surface area contributed by atoms with E-state index in [1.165, 1.54) is 0 Å². The number of aliphatic hydroxyl groups is 1. The first-order valence-electron chi connectivity index (χ1n) is 5.51. The van der Waals surface area contributed by atoms with Crippen molar-refractivity contribution < 1.29 is 9.50 Å². The molecule has 0 aliphatic heterocycles. The molecule has 0 unspecified atom stereocenters. The van der Waals surface area contributed by atoms with Gasteiger partial charge in [-0.15, -0.1) is 0 Å². The highest BCUT2D eigenvalue weighted by Gasteiger charge is 2.15. The van der Waals surface area contributed by atoms with E-state index in [2.05, 4.69) is 5.32 Å². The van der Waals surface area contributed by atoms with E-state index in [1.807, 2.05) is 19.9 Å². The molecule has 16 heavy (non-hydrogen) atoms. The lowest BCUT2D eigenvalue weighted by molar-refractivity contribution is 0.156. The number of nitrogens with one attached hydrogen (secondary N) is 1. The lowest BCUT2D eigenvalue weighted by Crippen LogP contribution is -2.31. The summed E-state index contributed by atoms with van der Waals surface area (Å²) < 4.78 is 13.2. The molecule has 0 aliphatic carbocycles. The Kier molecular flexibility index (Phi) is 4.44. The minimum Gasteiger partial charge on any atom is -0.396 e. The zero-order valence-electron chi connectivity index (χ0n) is 10.2. The molecule has 0 aromatic heterocycles. The van der Waals surface area contributed by atoms with Gasteiger partial charge in [0.05, 0.1) is 0 Å². The van der Waals surface area contributed by atoms with Crippen LogP contribution in [0.25, 0.3) is 0 Å². The predicted molar refractivity (Wildman–Crippen MR) is 63.7 cm³/mol. The Morgan fingerprint density at radius 2 is 2.06 bits per heavy atom. The molecule has 0 saturated carbocycles. The maximum Gasteiger partial charge on any atom is 0.126 e. The summed E-state index contributed by atoms with van der Waals surface area (Å²) in [6.07, 6.45) is 0. The number of aryl methyl sites for hydroxylation is 1. The Hall–Kier alpha value is -0.930. The van der Waals surface area contributed by atoms with Crippen LogP contribution < -0.4 is 5.32 Å². The van der Waals surface area contributed by atoms with Crippen LogP contribution in [0.15, 0.2) is 18.2 Å². The molecule has 0 bridgehead atoms. The summed E-state index contributed by atoms with van der Waals surface area (Å²) in [5, 5.41) is 12.3. The summed E-state index contributed by atoms with van der Waals surface area (Å²) in [7, 11) is 0. The second-order valence-electron chi connectivity index (χ2n) is 5.01. The number of hydrogen-bond acceptors (Lipinski definition) is 2. The standard InChI is InChI=1S/C13H20FNO/c1-10-4-5-11(6-12(10)14)7-15-8-13(2,3)9-16/h4-6,15-16H,7-9H2,1-3H3. The van der Waals surface area contributed by atoms with Gasteiger partial charge in [0.1, 0.15) is 5.82 Å². The fourth-order valence-corrected chi connectivity index (χ4v) is 1.35. The van der Waals surface area contributed by atoms with E-state index in [1.54, 1.807) is 19.1 Å². The van der Waals surface area contributed by atoms with E-state index < -0.39 is 0 Å². The van der Waals surface area contributed by atoms with Crippen LogP contribution in [0.5, 0.6) is 0 Å². The van der Waals surface area contributed by atoms with Gasteiger partial charge in [-0.05, 0) is 24.1 Å². The van der Waals surface area contributed by atoms with Crippen molar-refractivity contribution in [2.24, 2.45) is 5.41 Å². The molecule has 0 radical (unpaired) electrons. The van der Waals surface area contributed by atoms with Gasteiger partial charge in [-0.2, -0.15) is 0 Å². The molecule has 0 amide bonds. The molecular weight excluding hydrogens is 205 g/mol. The van der Waals surface area contributed by atoms with Crippen LogP contribution in [0.2, 0.25) is 0 Å². The number of benzene rings is 1. The van der Waals surface area contributed by atoms with Crippen molar-refractivity contribution >= 4 is 0 Å². The average molecular weight is 225 g/mol. The highest BCUT2D eigenvalue weighted by atomic mass is 19.1. The molecule has 1 aromatic rings. The lowest BCUT2D eigenvalue weighted by atomic mass is 9.95. The van der Waals surface area contributed by atoms with Crippen LogP contribution in [0.1, 0.15) is 25.0 Å². The normalized spacial score (nSPS) is 11.8. The minimum absolute atomic E-state index is 0.136. The Labute approximate surface area is 96.5 Å². The Bertz CT molecular complexity index is 350. The van der Waals surface area contributed by atoms with Crippen LogP contribution in [-0.4, -0.2) is 18.3 Å². The fraction of sp³-hybridized carbons (Fsp3) is 0.538. The van der Waals surface area contributed by atoms with Crippen molar-refractivity contribution in [3.8, 4) is 0 Å². The van der Waals surface area contributed by atoms with Gasteiger partial charge < -0.3 is 10.4 Å². The summed E-state index contributed by atoms with van der Waals surface area (Å²) in [5.41, 5.74) is 1.46. The van der Waals surface area contributed by atoms with Crippen molar-refractivity contribution in [3.63, 3.8) is 0 Å². The van der Waals surface area contributed by atoms with E-state index in [0.29, 0.717) is 18.7 Å². The molecule has 3 heteroatoms. The zero-order chi connectivity index (χ0) is 12.2. The minimum atomic E-state index is -0.166. The zero-order valence-corrected chi connectivity index (χ0v) is 10.2. The van der Waals surface area contributed by atoms with Gasteiger partial charge in [0.2, 0.25) is 0 Å². The van der Waals surface area contributed by atoms with Gasteiger partial charge in [-0.3, -0.25) is 0 Å². The highest BCUT2D eigenvalue weighted by Crippen LogP contribution is 2.12. The third-order valence-corrected chi connectivity index (χ3v) is 2.60. The largest absolute Gasteiger partial charge is 0.396 e. The van der Waals surface area contributed by atoms with Gasteiger partial charge in [0, 0.05) is 25.1 Å². The van der Waals surface area contributed by atoms with E-state index in [9.17, 15) is 4.39 Å². The summed E-state index contributed by atoms with van der Waals surface area (Å²) in [6, 6.07) is 5.25. The third kappa shape index (κ3) is 3.91. The quantitative estimate of drug-likeness (QED) is 0.805. The van der Waals surface area contributed by atoms with E-state index in [-0.39, 0.29) is 17.8 Å². The van der Waals surface area contributed by atoms with Gasteiger partial charge >= 0.3 is 0 Å². The van der Waals surface area contributed by atoms with Gasteiger partial charge in [0.25, 0.3) is 0 Å². The van der Waals surface area contributed by atoms with Crippen molar-refractivity contribution in [1.82, 2.24) is 5.32 Å². The summed E-state index contributed by atoms with van der Waals surface area (Å²) in [5.74, 6) is -0.166. The molecule has 0 atom stereocenters. The van der Waals surface area contributed by atoms with Crippen LogP contribution >= 0.6 is 0 Å². The SMILES string of the molecule is Cc1ccc(CNCC(C)(C)CO)cc1F. The number of aliphatic hydroxyl groups excluding tert-OH is 1.